The Hall–Kier alpha value is -0.153. The first-order valence-corrected chi connectivity index (χ1v) is 9.17. The Balaban J connectivity index is 2.61. The van der Waals surface area contributed by atoms with Crippen molar-refractivity contribution in [3.63, 3.8) is 0 Å². The van der Waals surface area contributed by atoms with Crippen LogP contribution in [0.3, 0.4) is 0 Å². The summed E-state index contributed by atoms with van der Waals surface area (Å²) in [6.45, 7) is 13.9. The maximum absolute atomic E-state index is 11.8. The molecular formula is C13H26O2Si. The van der Waals surface area contributed by atoms with Crippen molar-refractivity contribution in [1.82, 2.24) is 0 Å². The van der Waals surface area contributed by atoms with Crippen LogP contribution in [0, 0.1) is 5.41 Å². The van der Waals surface area contributed by atoms with Crippen LogP contribution in [0.2, 0.25) is 18.1 Å². The van der Waals surface area contributed by atoms with Gasteiger partial charge in [0.15, 0.2) is 8.32 Å². The van der Waals surface area contributed by atoms with E-state index in [2.05, 4.69) is 40.8 Å². The zero-order valence-electron chi connectivity index (χ0n) is 11.6. The number of carbonyl (C=O) groups excluding carboxylic acids is 1. The predicted molar refractivity (Wildman–Crippen MR) is 70.1 cm³/mol. The summed E-state index contributed by atoms with van der Waals surface area (Å²) in [4.78, 5) is 11.8. The lowest BCUT2D eigenvalue weighted by Crippen LogP contribution is -2.44. The van der Waals surface area contributed by atoms with Crippen LogP contribution >= 0.6 is 0 Å². The van der Waals surface area contributed by atoms with Crippen LogP contribution < -0.4 is 0 Å². The first-order chi connectivity index (χ1) is 7.08. The molecule has 0 N–H and O–H groups in total. The molecule has 0 heterocycles. The van der Waals surface area contributed by atoms with Crippen molar-refractivity contribution >= 4 is 14.1 Å². The van der Waals surface area contributed by atoms with Crippen LogP contribution in [0.1, 0.15) is 47.0 Å². The molecule has 94 valence electrons. The first kappa shape index (κ1) is 13.9. The average Bonchev–Trinajstić information content (AvgIpc) is 2.43. The molecule has 1 unspecified atom stereocenters. The third-order valence-electron chi connectivity index (χ3n) is 4.36. The Labute approximate surface area is 101 Å². The molecule has 2 nitrogen and oxygen atoms in total. The number of carbonyl (C=O) groups is 1. The van der Waals surface area contributed by atoms with Gasteiger partial charge < -0.3 is 4.43 Å². The summed E-state index contributed by atoms with van der Waals surface area (Å²) in [5.74, 6) is 0.395. The standard InChI is InChI=1S/C13H26O2Si/c1-12(2,3)16(5,6)15-10-13(4)9-7-8-11(13)14/h7-10H2,1-6H3. The number of hydrogen-bond acceptors (Lipinski definition) is 2. The van der Waals surface area contributed by atoms with Gasteiger partial charge in [0.2, 0.25) is 0 Å². The molecule has 1 saturated carbocycles. The van der Waals surface area contributed by atoms with Crippen molar-refractivity contribution in [1.29, 1.82) is 0 Å². The Morgan fingerprint density at radius 2 is 1.94 bits per heavy atom. The Kier molecular flexibility index (Phi) is 3.70. The normalized spacial score (nSPS) is 27.5. The van der Waals surface area contributed by atoms with Crippen molar-refractivity contribution in [2.45, 2.75) is 65.1 Å². The summed E-state index contributed by atoms with van der Waals surface area (Å²) < 4.78 is 6.17. The van der Waals surface area contributed by atoms with Gasteiger partial charge in [-0.25, -0.2) is 0 Å². The zero-order valence-corrected chi connectivity index (χ0v) is 12.6. The molecule has 1 fully saturated rings. The quantitative estimate of drug-likeness (QED) is 0.704. The second-order valence-electron chi connectivity index (χ2n) is 6.89. The molecule has 0 aromatic heterocycles. The summed E-state index contributed by atoms with van der Waals surface area (Å²) in [5, 5.41) is 0.227. The van der Waals surface area contributed by atoms with E-state index >= 15 is 0 Å². The van der Waals surface area contributed by atoms with Crippen molar-refractivity contribution in [2.24, 2.45) is 5.41 Å². The molecule has 0 spiro atoms. The van der Waals surface area contributed by atoms with Crippen molar-refractivity contribution in [3.8, 4) is 0 Å². The fourth-order valence-electron chi connectivity index (χ4n) is 1.79. The molecule has 0 radical (unpaired) electrons. The number of ketones is 1. The number of hydrogen-bond donors (Lipinski definition) is 0. The molecule has 0 aliphatic heterocycles. The van der Waals surface area contributed by atoms with Gasteiger partial charge in [0.05, 0.1) is 0 Å². The van der Waals surface area contributed by atoms with Crippen LogP contribution in [-0.4, -0.2) is 20.7 Å². The van der Waals surface area contributed by atoms with Crippen LogP contribution in [0.5, 0.6) is 0 Å². The predicted octanol–water partition coefficient (Wildman–Crippen LogP) is 3.77. The van der Waals surface area contributed by atoms with Crippen LogP contribution in [0.25, 0.3) is 0 Å². The van der Waals surface area contributed by atoms with E-state index in [4.69, 9.17) is 4.43 Å². The maximum Gasteiger partial charge on any atom is 0.192 e. The zero-order chi connectivity index (χ0) is 12.6. The molecule has 16 heavy (non-hydrogen) atoms. The summed E-state index contributed by atoms with van der Waals surface area (Å²) >= 11 is 0. The minimum Gasteiger partial charge on any atom is -0.416 e. The monoisotopic (exact) mass is 242 g/mol. The largest absolute Gasteiger partial charge is 0.416 e. The molecule has 0 amide bonds. The summed E-state index contributed by atoms with van der Waals surface area (Å²) in [6, 6.07) is 0. The molecule has 0 aromatic carbocycles. The minimum atomic E-state index is -1.70. The summed E-state index contributed by atoms with van der Waals surface area (Å²) in [6.07, 6.45) is 2.79. The van der Waals surface area contributed by atoms with Crippen molar-refractivity contribution in [2.75, 3.05) is 6.61 Å². The lowest BCUT2D eigenvalue weighted by Gasteiger charge is -2.38. The first-order valence-electron chi connectivity index (χ1n) is 6.26. The number of Topliss-reactive ketones (excluding diaryl/α,β-unsaturated/α-hetero) is 1. The highest BCUT2D eigenvalue weighted by Crippen LogP contribution is 2.40. The van der Waals surface area contributed by atoms with Gasteiger partial charge >= 0.3 is 0 Å². The second kappa shape index (κ2) is 4.26. The molecule has 0 bridgehead atoms. The van der Waals surface area contributed by atoms with E-state index in [1.54, 1.807) is 0 Å². The Morgan fingerprint density at radius 1 is 1.38 bits per heavy atom. The Bertz CT molecular complexity index is 278. The van der Waals surface area contributed by atoms with Gasteiger partial charge in [0, 0.05) is 18.4 Å². The fraction of sp³-hybridized carbons (Fsp3) is 0.923. The van der Waals surface area contributed by atoms with E-state index in [0.717, 1.165) is 19.3 Å². The molecule has 0 aromatic rings. The van der Waals surface area contributed by atoms with Gasteiger partial charge in [0.1, 0.15) is 5.78 Å². The maximum atomic E-state index is 11.8. The molecule has 1 aliphatic carbocycles. The third kappa shape index (κ3) is 2.75. The van der Waals surface area contributed by atoms with Crippen LogP contribution in [0.4, 0.5) is 0 Å². The highest BCUT2D eigenvalue weighted by atomic mass is 28.4. The van der Waals surface area contributed by atoms with Gasteiger partial charge in [-0.05, 0) is 31.0 Å². The van der Waals surface area contributed by atoms with Gasteiger partial charge in [-0.2, -0.15) is 0 Å². The summed E-state index contributed by atoms with van der Waals surface area (Å²) in [7, 11) is -1.70. The lowest BCUT2D eigenvalue weighted by molar-refractivity contribution is -0.126. The van der Waals surface area contributed by atoms with Crippen molar-refractivity contribution in [3.05, 3.63) is 0 Å². The van der Waals surface area contributed by atoms with Crippen molar-refractivity contribution < 1.29 is 9.22 Å². The minimum absolute atomic E-state index is 0.199. The highest BCUT2D eigenvalue weighted by molar-refractivity contribution is 6.74. The van der Waals surface area contributed by atoms with Gasteiger partial charge in [0.25, 0.3) is 0 Å². The molecular weight excluding hydrogens is 216 g/mol. The lowest BCUT2D eigenvalue weighted by atomic mass is 9.89. The van der Waals surface area contributed by atoms with E-state index in [0.29, 0.717) is 12.4 Å². The van der Waals surface area contributed by atoms with E-state index in [-0.39, 0.29) is 10.5 Å². The summed E-state index contributed by atoms with van der Waals surface area (Å²) in [5.41, 5.74) is -0.199. The highest BCUT2D eigenvalue weighted by Gasteiger charge is 2.42. The second-order valence-corrected chi connectivity index (χ2v) is 11.7. The third-order valence-corrected chi connectivity index (χ3v) is 8.84. The van der Waals surface area contributed by atoms with E-state index in [1.807, 2.05) is 0 Å². The van der Waals surface area contributed by atoms with Gasteiger partial charge in [-0.1, -0.05) is 27.7 Å². The van der Waals surface area contributed by atoms with E-state index in [1.165, 1.54) is 0 Å². The fourth-order valence-corrected chi connectivity index (χ4v) is 2.90. The smallest absolute Gasteiger partial charge is 0.192 e. The average molecular weight is 242 g/mol. The van der Waals surface area contributed by atoms with Crippen LogP contribution in [0.15, 0.2) is 0 Å². The molecule has 3 heteroatoms. The molecule has 1 rings (SSSR count). The molecule has 1 atom stereocenters. The van der Waals surface area contributed by atoms with E-state index < -0.39 is 8.32 Å². The van der Waals surface area contributed by atoms with Gasteiger partial charge in [-0.3, -0.25) is 4.79 Å². The topological polar surface area (TPSA) is 26.3 Å². The molecule has 0 saturated heterocycles. The molecule has 1 aliphatic rings. The SMILES string of the molecule is CC1(CO[Si](C)(C)C(C)(C)C)CCCC1=O. The van der Waals surface area contributed by atoms with E-state index in [9.17, 15) is 4.79 Å². The van der Waals surface area contributed by atoms with Gasteiger partial charge in [-0.15, -0.1) is 0 Å². The number of rotatable bonds is 3. The van der Waals surface area contributed by atoms with Crippen LogP contribution in [-0.2, 0) is 9.22 Å². The Morgan fingerprint density at radius 3 is 2.31 bits per heavy atom.